The molecule has 0 aliphatic carbocycles. The van der Waals surface area contributed by atoms with Gasteiger partial charge in [-0.3, -0.25) is 4.40 Å². The highest BCUT2D eigenvalue weighted by molar-refractivity contribution is 5.62. The molecule has 18 heavy (non-hydrogen) atoms. The monoisotopic (exact) mass is 246 g/mol. The molecule has 3 heterocycles. The maximum atomic E-state index is 5.81. The number of nitrogens with two attached hydrogens (primary N) is 1. The van der Waals surface area contributed by atoms with Crippen LogP contribution in [0, 0.1) is 0 Å². The number of fused-ring (bicyclic) bond motifs is 1. The Balaban J connectivity index is 2.11. The second-order valence-electron chi connectivity index (χ2n) is 5.43. The Labute approximate surface area is 106 Å². The molecular formula is C12H18N6. The van der Waals surface area contributed by atoms with E-state index in [9.17, 15) is 0 Å². The Bertz CT molecular complexity index is 573. The minimum atomic E-state index is 0.110. The maximum Gasteiger partial charge on any atom is 0.232 e. The molecule has 0 atom stereocenters. The molecule has 0 bridgehead atoms. The zero-order valence-electron chi connectivity index (χ0n) is 10.8. The lowest BCUT2D eigenvalue weighted by Crippen LogP contribution is -2.48. The fraction of sp³-hybridized carbons (Fsp3) is 0.583. The standard InChI is InChI=1S/C12H18N6/c1-12(2)5-3-4-7-18(12)11-16-15-10-9(13)14-6-8-17(10)11/h6,8H,3-5,7H2,1-2H3,(H2,13,14). The van der Waals surface area contributed by atoms with Gasteiger partial charge in [-0.25, -0.2) is 4.98 Å². The molecule has 1 saturated heterocycles. The Morgan fingerprint density at radius 2 is 2.11 bits per heavy atom. The van der Waals surface area contributed by atoms with E-state index < -0.39 is 0 Å². The van der Waals surface area contributed by atoms with Crippen LogP contribution in [0.15, 0.2) is 12.4 Å². The van der Waals surface area contributed by atoms with Gasteiger partial charge < -0.3 is 10.6 Å². The van der Waals surface area contributed by atoms with Crippen LogP contribution in [0.25, 0.3) is 5.65 Å². The van der Waals surface area contributed by atoms with Gasteiger partial charge in [0.2, 0.25) is 11.6 Å². The molecule has 1 aliphatic rings. The van der Waals surface area contributed by atoms with E-state index >= 15 is 0 Å². The molecule has 6 heteroatoms. The normalized spacial score (nSPS) is 19.3. The van der Waals surface area contributed by atoms with Gasteiger partial charge in [-0.2, -0.15) is 0 Å². The fourth-order valence-corrected chi connectivity index (χ4v) is 2.65. The zero-order valence-corrected chi connectivity index (χ0v) is 10.8. The van der Waals surface area contributed by atoms with Crippen LogP contribution >= 0.6 is 0 Å². The smallest absolute Gasteiger partial charge is 0.232 e. The highest BCUT2D eigenvalue weighted by atomic mass is 15.4. The third-order valence-electron chi connectivity index (χ3n) is 3.73. The highest BCUT2D eigenvalue weighted by Crippen LogP contribution is 2.31. The summed E-state index contributed by atoms with van der Waals surface area (Å²) in [7, 11) is 0. The van der Waals surface area contributed by atoms with Gasteiger partial charge in [0.1, 0.15) is 0 Å². The molecule has 0 amide bonds. The van der Waals surface area contributed by atoms with Crippen molar-refractivity contribution in [2.45, 2.75) is 38.6 Å². The van der Waals surface area contributed by atoms with Gasteiger partial charge in [0.25, 0.3) is 0 Å². The molecule has 1 fully saturated rings. The first-order valence-corrected chi connectivity index (χ1v) is 6.32. The summed E-state index contributed by atoms with van der Waals surface area (Å²) in [5, 5.41) is 8.44. The van der Waals surface area contributed by atoms with Crippen LogP contribution in [0.4, 0.5) is 11.8 Å². The molecule has 0 radical (unpaired) electrons. The predicted molar refractivity (Wildman–Crippen MR) is 70.5 cm³/mol. The summed E-state index contributed by atoms with van der Waals surface area (Å²) in [6, 6.07) is 0. The quantitative estimate of drug-likeness (QED) is 0.825. The Morgan fingerprint density at radius 3 is 2.89 bits per heavy atom. The van der Waals surface area contributed by atoms with Gasteiger partial charge in [-0.15, -0.1) is 10.2 Å². The van der Waals surface area contributed by atoms with Crippen LogP contribution in [-0.2, 0) is 0 Å². The number of anilines is 2. The van der Waals surface area contributed by atoms with Gasteiger partial charge in [-0.05, 0) is 33.1 Å². The van der Waals surface area contributed by atoms with Crippen molar-refractivity contribution in [3.05, 3.63) is 12.4 Å². The van der Waals surface area contributed by atoms with E-state index in [1.807, 2.05) is 10.6 Å². The molecule has 1 aliphatic heterocycles. The number of hydrogen-bond acceptors (Lipinski definition) is 5. The number of nitrogen functional groups attached to an aromatic ring is 1. The van der Waals surface area contributed by atoms with Crippen molar-refractivity contribution in [1.29, 1.82) is 0 Å². The Hall–Kier alpha value is -1.85. The molecule has 2 aromatic rings. The summed E-state index contributed by atoms with van der Waals surface area (Å²) in [6.07, 6.45) is 7.18. The van der Waals surface area contributed by atoms with Crippen molar-refractivity contribution in [2.75, 3.05) is 17.2 Å². The third kappa shape index (κ3) is 1.60. The number of piperidine rings is 1. The Kier molecular flexibility index (Phi) is 2.39. The molecule has 0 spiro atoms. The van der Waals surface area contributed by atoms with E-state index in [2.05, 4.69) is 33.9 Å². The van der Waals surface area contributed by atoms with Gasteiger partial charge >= 0.3 is 0 Å². The number of hydrogen-bond donors (Lipinski definition) is 1. The van der Waals surface area contributed by atoms with E-state index in [4.69, 9.17) is 5.73 Å². The third-order valence-corrected chi connectivity index (χ3v) is 3.73. The SMILES string of the molecule is CC1(C)CCCCN1c1nnc2c(N)nccn12. The molecular weight excluding hydrogens is 228 g/mol. The molecule has 96 valence electrons. The lowest BCUT2D eigenvalue weighted by atomic mass is 9.91. The molecule has 6 nitrogen and oxygen atoms in total. The number of aromatic nitrogens is 4. The van der Waals surface area contributed by atoms with Crippen molar-refractivity contribution in [2.24, 2.45) is 0 Å². The largest absolute Gasteiger partial charge is 0.381 e. The lowest BCUT2D eigenvalue weighted by molar-refractivity contribution is 0.355. The molecule has 2 N–H and O–H groups in total. The van der Waals surface area contributed by atoms with E-state index in [1.54, 1.807) is 6.20 Å². The van der Waals surface area contributed by atoms with Crippen LogP contribution in [0.5, 0.6) is 0 Å². The first-order chi connectivity index (χ1) is 8.59. The summed E-state index contributed by atoms with van der Waals surface area (Å²) < 4.78 is 1.93. The highest BCUT2D eigenvalue weighted by Gasteiger charge is 2.32. The molecule has 0 saturated carbocycles. The summed E-state index contributed by atoms with van der Waals surface area (Å²) in [4.78, 5) is 6.35. The second kappa shape index (κ2) is 3.83. The van der Waals surface area contributed by atoms with Crippen molar-refractivity contribution in [3.8, 4) is 0 Å². The van der Waals surface area contributed by atoms with Gasteiger partial charge in [0.15, 0.2) is 5.82 Å². The van der Waals surface area contributed by atoms with Crippen molar-refractivity contribution in [3.63, 3.8) is 0 Å². The summed E-state index contributed by atoms with van der Waals surface area (Å²) in [5.41, 5.74) is 6.56. The van der Waals surface area contributed by atoms with E-state index in [1.165, 1.54) is 19.3 Å². The van der Waals surface area contributed by atoms with Crippen LogP contribution < -0.4 is 10.6 Å². The van der Waals surface area contributed by atoms with Gasteiger partial charge in [-0.1, -0.05) is 0 Å². The zero-order chi connectivity index (χ0) is 12.8. The summed E-state index contributed by atoms with van der Waals surface area (Å²) in [5.74, 6) is 1.29. The van der Waals surface area contributed by atoms with Crippen molar-refractivity contribution >= 4 is 17.4 Å². The number of nitrogens with zero attached hydrogens (tertiary/aromatic N) is 5. The topological polar surface area (TPSA) is 72.3 Å². The summed E-state index contributed by atoms with van der Waals surface area (Å²) in [6.45, 7) is 5.51. The predicted octanol–water partition coefficient (Wildman–Crippen LogP) is 1.48. The van der Waals surface area contributed by atoms with E-state index in [-0.39, 0.29) is 5.54 Å². The number of rotatable bonds is 1. The first kappa shape index (κ1) is 11.3. The van der Waals surface area contributed by atoms with Crippen LogP contribution in [0.2, 0.25) is 0 Å². The molecule has 3 rings (SSSR count). The lowest BCUT2D eigenvalue weighted by Gasteiger charge is -2.42. The minimum absolute atomic E-state index is 0.110. The van der Waals surface area contributed by atoms with E-state index in [0.29, 0.717) is 11.5 Å². The molecule has 0 aromatic carbocycles. The minimum Gasteiger partial charge on any atom is -0.381 e. The molecule has 2 aromatic heterocycles. The van der Waals surface area contributed by atoms with E-state index in [0.717, 1.165) is 12.5 Å². The Morgan fingerprint density at radius 1 is 1.28 bits per heavy atom. The average molecular weight is 246 g/mol. The van der Waals surface area contributed by atoms with Crippen LogP contribution in [0.3, 0.4) is 0 Å². The van der Waals surface area contributed by atoms with Crippen molar-refractivity contribution < 1.29 is 0 Å². The summed E-state index contributed by atoms with van der Waals surface area (Å²) >= 11 is 0. The molecule has 0 unspecified atom stereocenters. The van der Waals surface area contributed by atoms with Crippen LogP contribution in [0.1, 0.15) is 33.1 Å². The fourth-order valence-electron chi connectivity index (χ4n) is 2.65. The first-order valence-electron chi connectivity index (χ1n) is 6.32. The van der Waals surface area contributed by atoms with Crippen molar-refractivity contribution in [1.82, 2.24) is 19.6 Å². The van der Waals surface area contributed by atoms with Gasteiger partial charge in [0, 0.05) is 24.5 Å². The maximum absolute atomic E-state index is 5.81. The van der Waals surface area contributed by atoms with Crippen LogP contribution in [-0.4, -0.2) is 31.7 Å². The second-order valence-corrected chi connectivity index (χ2v) is 5.43. The average Bonchev–Trinajstić information content (AvgIpc) is 2.74. The van der Waals surface area contributed by atoms with Gasteiger partial charge in [0.05, 0.1) is 0 Å².